The number of non-ortho nitro benzene ring substituents is 1. The molecule has 0 bridgehead atoms. The lowest BCUT2D eigenvalue weighted by atomic mass is 10.2. The van der Waals surface area contributed by atoms with Crippen LogP contribution >= 0.6 is 12.2 Å². The minimum Gasteiger partial charge on any atom is -0.345 e. The number of nitro groups is 1. The van der Waals surface area contributed by atoms with Crippen LogP contribution in [0.1, 0.15) is 26.2 Å². The van der Waals surface area contributed by atoms with Gasteiger partial charge in [-0.3, -0.25) is 10.1 Å². The largest absolute Gasteiger partial charge is 0.345 e. The molecule has 9 heteroatoms. The molecule has 132 valence electrons. The third-order valence-electron chi connectivity index (χ3n) is 3.99. The van der Waals surface area contributed by atoms with Crippen molar-refractivity contribution in [2.45, 2.75) is 32.2 Å². The van der Waals surface area contributed by atoms with E-state index >= 15 is 0 Å². The molecular weight excluding hydrogens is 350 g/mol. The van der Waals surface area contributed by atoms with Gasteiger partial charge in [-0.25, -0.2) is 8.42 Å². The average molecular weight is 371 g/mol. The molecular formula is C15H21N3O4S2. The number of nitro benzene ring substituents is 1. The smallest absolute Gasteiger partial charge is 0.269 e. The van der Waals surface area contributed by atoms with Gasteiger partial charge in [-0.05, 0) is 37.2 Å². The van der Waals surface area contributed by atoms with Crippen molar-refractivity contribution in [3.05, 3.63) is 34.4 Å². The van der Waals surface area contributed by atoms with E-state index in [2.05, 4.69) is 12.2 Å². The summed E-state index contributed by atoms with van der Waals surface area (Å²) in [4.78, 5) is 12.2. The predicted molar refractivity (Wildman–Crippen MR) is 98.0 cm³/mol. The Labute approximate surface area is 147 Å². The van der Waals surface area contributed by atoms with Crippen molar-refractivity contribution in [2.75, 3.05) is 23.4 Å². The summed E-state index contributed by atoms with van der Waals surface area (Å²) in [7, 11) is -2.99. The van der Waals surface area contributed by atoms with Gasteiger partial charge in [-0.1, -0.05) is 13.3 Å². The van der Waals surface area contributed by atoms with E-state index in [9.17, 15) is 18.5 Å². The molecule has 1 saturated heterocycles. The van der Waals surface area contributed by atoms with E-state index in [1.54, 1.807) is 12.1 Å². The predicted octanol–water partition coefficient (Wildman–Crippen LogP) is 2.58. The monoisotopic (exact) mass is 371 g/mol. The number of rotatable bonds is 6. The lowest BCUT2D eigenvalue weighted by molar-refractivity contribution is -0.384. The lowest BCUT2D eigenvalue weighted by Crippen LogP contribution is -2.44. The molecule has 1 aliphatic rings. The van der Waals surface area contributed by atoms with Gasteiger partial charge in [0.05, 0.1) is 16.4 Å². The summed E-state index contributed by atoms with van der Waals surface area (Å²) >= 11 is 5.45. The van der Waals surface area contributed by atoms with Crippen molar-refractivity contribution < 1.29 is 13.3 Å². The van der Waals surface area contributed by atoms with Gasteiger partial charge in [-0.15, -0.1) is 0 Å². The zero-order chi connectivity index (χ0) is 17.7. The maximum absolute atomic E-state index is 11.7. The highest BCUT2D eigenvalue weighted by Gasteiger charge is 2.33. The maximum Gasteiger partial charge on any atom is 0.269 e. The summed E-state index contributed by atoms with van der Waals surface area (Å²) in [6.07, 6.45) is 2.48. The van der Waals surface area contributed by atoms with Crippen molar-refractivity contribution >= 4 is 38.5 Å². The summed E-state index contributed by atoms with van der Waals surface area (Å²) < 4.78 is 23.5. The van der Waals surface area contributed by atoms with Gasteiger partial charge < -0.3 is 10.2 Å². The summed E-state index contributed by atoms with van der Waals surface area (Å²) in [5.74, 6) is 0.319. The number of nitrogens with one attached hydrogen (secondary N) is 1. The fourth-order valence-electron chi connectivity index (χ4n) is 2.66. The second kappa shape index (κ2) is 7.89. The highest BCUT2D eigenvalue weighted by molar-refractivity contribution is 7.91. The molecule has 0 aliphatic carbocycles. The quantitative estimate of drug-likeness (QED) is 0.467. The molecule has 7 nitrogen and oxygen atoms in total. The Morgan fingerprint density at radius 1 is 1.42 bits per heavy atom. The first-order valence-corrected chi connectivity index (χ1v) is 10.1. The summed E-state index contributed by atoms with van der Waals surface area (Å²) in [5, 5.41) is 14.2. The van der Waals surface area contributed by atoms with Crippen LogP contribution in [-0.2, 0) is 9.84 Å². The molecule has 1 atom stereocenters. The van der Waals surface area contributed by atoms with Crippen LogP contribution < -0.4 is 5.32 Å². The van der Waals surface area contributed by atoms with Gasteiger partial charge in [0.1, 0.15) is 0 Å². The van der Waals surface area contributed by atoms with Crippen LogP contribution in [0.4, 0.5) is 11.4 Å². The van der Waals surface area contributed by atoms with Crippen LogP contribution in [0, 0.1) is 10.1 Å². The number of anilines is 1. The highest BCUT2D eigenvalue weighted by atomic mass is 32.2. The third kappa shape index (κ3) is 4.88. The molecule has 1 fully saturated rings. The number of hydrogen-bond acceptors (Lipinski definition) is 5. The van der Waals surface area contributed by atoms with Gasteiger partial charge in [0.15, 0.2) is 14.9 Å². The lowest BCUT2D eigenvalue weighted by Gasteiger charge is -2.31. The fourth-order valence-corrected chi connectivity index (χ4v) is 4.75. The van der Waals surface area contributed by atoms with Crippen LogP contribution in [0.25, 0.3) is 0 Å². The second-order valence-electron chi connectivity index (χ2n) is 5.84. The minimum absolute atomic E-state index is 0.0104. The zero-order valence-corrected chi connectivity index (χ0v) is 15.1. The molecule has 1 aromatic carbocycles. The Bertz CT molecular complexity index is 704. The Balaban J connectivity index is 2.08. The van der Waals surface area contributed by atoms with Gasteiger partial charge in [0, 0.05) is 30.4 Å². The highest BCUT2D eigenvalue weighted by Crippen LogP contribution is 2.21. The molecule has 1 N–H and O–H groups in total. The topological polar surface area (TPSA) is 92.5 Å². The maximum atomic E-state index is 11.7. The minimum atomic E-state index is -2.99. The van der Waals surface area contributed by atoms with E-state index in [1.165, 1.54) is 12.1 Å². The first kappa shape index (κ1) is 18.6. The van der Waals surface area contributed by atoms with Crippen LogP contribution in [0.5, 0.6) is 0 Å². The molecule has 1 heterocycles. The van der Waals surface area contributed by atoms with Gasteiger partial charge >= 0.3 is 0 Å². The average Bonchev–Trinajstić information content (AvgIpc) is 2.88. The third-order valence-corrected chi connectivity index (χ3v) is 6.08. The fraction of sp³-hybridized carbons (Fsp3) is 0.533. The van der Waals surface area contributed by atoms with Crippen molar-refractivity contribution in [2.24, 2.45) is 0 Å². The van der Waals surface area contributed by atoms with Crippen LogP contribution in [0.3, 0.4) is 0 Å². The first-order valence-electron chi connectivity index (χ1n) is 7.85. The standard InChI is InChI=1S/C15H21N3O4S2/c1-2-3-9-17(14-8-10-24(21,22)11-14)15(23)16-12-4-6-13(7-5-12)18(19)20/h4-7,14H,2-3,8-11H2,1H3,(H,16,23)/t14-/m1/s1. The van der Waals surface area contributed by atoms with Crippen molar-refractivity contribution in [3.63, 3.8) is 0 Å². The normalized spacial score (nSPS) is 19.0. The molecule has 0 unspecified atom stereocenters. The Morgan fingerprint density at radius 2 is 2.08 bits per heavy atom. The first-order chi connectivity index (χ1) is 11.3. The number of unbranched alkanes of at least 4 members (excludes halogenated alkanes) is 1. The van der Waals surface area contributed by atoms with Gasteiger partial charge in [0.25, 0.3) is 5.69 Å². The number of thiocarbonyl (C=S) groups is 1. The van der Waals surface area contributed by atoms with Crippen LogP contribution in [-0.4, -0.2) is 47.4 Å². The van der Waals surface area contributed by atoms with Crippen LogP contribution in [0.2, 0.25) is 0 Å². The molecule has 0 radical (unpaired) electrons. The van der Waals surface area contributed by atoms with Crippen molar-refractivity contribution in [3.8, 4) is 0 Å². The summed E-state index contributed by atoms with van der Waals surface area (Å²) in [6.45, 7) is 2.76. The van der Waals surface area contributed by atoms with Gasteiger partial charge in [-0.2, -0.15) is 0 Å². The van der Waals surface area contributed by atoms with E-state index < -0.39 is 14.8 Å². The molecule has 0 aromatic heterocycles. The number of benzene rings is 1. The van der Waals surface area contributed by atoms with E-state index in [-0.39, 0.29) is 23.2 Å². The summed E-state index contributed by atoms with van der Waals surface area (Å²) in [5.41, 5.74) is 0.657. The molecule has 0 saturated carbocycles. The Hall–Kier alpha value is -1.74. The van der Waals surface area contributed by atoms with E-state index in [1.807, 2.05) is 4.90 Å². The molecule has 0 amide bonds. The molecule has 1 aliphatic heterocycles. The number of hydrogen-bond donors (Lipinski definition) is 1. The van der Waals surface area contributed by atoms with E-state index in [0.29, 0.717) is 23.8 Å². The molecule has 2 rings (SSSR count). The SMILES string of the molecule is CCCCN(C(=S)Nc1ccc([N+](=O)[O-])cc1)[C@@H]1CCS(=O)(=O)C1. The number of sulfone groups is 1. The van der Waals surface area contributed by atoms with E-state index in [4.69, 9.17) is 12.2 Å². The summed E-state index contributed by atoms with van der Waals surface area (Å²) in [6, 6.07) is 5.88. The van der Waals surface area contributed by atoms with Crippen molar-refractivity contribution in [1.29, 1.82) is 0 Å². The second-order valence-corrected chi connectivity index (χ2v) is 8.45. The van der Waals surface area contributed by atoms with Gasteiger partial charge in [0.2, 0.25) is 0 Å². The van der Waals surface area contributed by atoms with Crippen LogP contribution in [0.15, 0.2) is 24.3 Å². The zero-order valence-electron chi connectivity index (χ0n) is 13.5. The number of nitrogens with zero attached hydrogens (tertiary/aromatic N) is 2. The Morgan fingerprint density at radius 3 is 2.58 bits per heavy atom. The molecule has 1 aromatic rings. The van der Waals surface area contributed by atoms with E-state index in [0.717, 1.165) is 12.8 Å². The van der Waals surface area contributed by atoms with Crippen molar-refractivity contribution in [1.82, 2.24) is 4.90 Å². The molecule has 0 spiro atoms. The molecule has 24 heavy (non-hydrogen) atoms. The Kier molecular flexibility index (Phi) is 6.11.